The summed E-state index contributed by atoms with van der Waals surface area (Å²) in [5.41, 5.74) is 5.50. The van der Waals surface area contributed by atoms with Gasteiger partial charge in [0.15, 0.2) is 0 Å². The Bertz CT molecular complexity index is 723. The second-order valence-corrected chi connectivity index (χ2v) is 4.82. The van der Waals surface area contributed by atoms with Crippen molar-refractivity contribution in [1.29, 1.82) is 0 Å². The largest absolute Gasteiger partial charge is 0.300 e. The van der Waals surface area contributed by atoms with Gasteiger partial charge in [-0.3, -0.25) is 9.38 Å². The van der Waals surface area contributed by atoms with E-state index in [0.29, 0.717) is 5.92 Å². The average molecular weight is 223 g/mol. The fourth-order valence-corrected chi connectivity index (χ4v) is 2.43. The molecular formula is C14H13N3. The third kappa shape index (κ3) is 1.28. The Morgan fingerprint density at radius 3 is 2.94 bits per heavy atom. The minimum absolute atomic E-state index is 0.687. The lowest BCUT2D eigenvalue weighted by atomic mass is 10.2. The van der Waals surface area contributed by atoms with Crippen LogP contribution in [-0.4, -0.2) is 14.4 Å². The summed E-state index contributed by atoms with van der Waals surface area (Å²) in [6, 6.07) is 8.31. The fraction of sp³-hybridized carbons (Fsp3) is 0.286. The summed E-state index contributed by atoms with van der Waals surface area (Å²) in [4.78, 5) is 9.32. The summed E-state index contributed by atoms with van der Waals surface area (Å²) < 4.78 is 2.15. The van der Waals surface area contributed by atoms with E-state index < -0.39 is 0 Å². The Hall–Kier alpha value is -1.90. The average Bonchev–Trinajstić information content (AvgIpc) is 3.11. The van der Waals surface area contributed by atoms with Crippen LogP contribution in [0.5, 0.6) is 0 Å². The molecular weight excluding hydrogens is 210 g/mol. The lowest BCUT2D eigenvalue weighted by molar-refractivity contribution is 1.00. The zero-order valence-electron chi connectivity index (χ0n) is 9.72. The molecule has 0 bridgehead atoms. The molecule has 0 N–H and O–H groups in total. The van der Waals surface area contributed by atoms with Crippen molar-refractivity contribution in [2.45, 2.75) is 25.7 Å². The predicted molar refractivity (Wildman–Crippen MR) is 67.2 cm³/mol. The van der Waals surface area contributed by atoms with Crippen LogP contribution in [-0.2, 0) is 0 Å². The van der Waals surface area contributed by atoms with Gasteiger partial charge in [-0.05, 0) is 38.0 Å². The second kappa shape index (κ2) is 3.06. The molecule has 1 aliphatic rings. The van der Waals surface area contributed by atoms with E-state index in [1.807, 2.05) is 18.2 Å². The first kappa shape index (κ1) is 9.16. The van der Waals surface area contributed by atoms with Gasteiger partial charge in [-0.15, -0.1) is 0 Å². The first-order valence-electron chi connectivity index (χ1n) is 6.07. The molecule has 3 heterocycles. The highest BCUT2D eigenvalue weighted by Crippen LogP contribution is 2.40. The topological polar surface area (TPSA) is 30.2 Å². The molecule has 0 atom stereocenters. The minimum Gasteiger partial charge on any atom is -0.300 e. The van der Waals surface area contributed by atoms with Gasteiger partial charge >= 0.3 is 0 Å². The Labute approximate surface area is 99.1 Å². The number of hydrogen-bond acceptors (Lipinski definition) is 2. The summed E-state index contributed by atoms with van der Waals surface area (Å²) in [6.07, 6.45) is 4.64. The summed E-state index contributed by atoms with van der Waals surface area (Å²) >= 11 is 0. The van der Waals surface area contributed by atoms with Gasteiger partial charge in [0.1, 0.15) is 11.2 Å². The zero-order chi connectivity index (χ0) is 11.4. The van der Waals surface area contributed by atoms with Crippen molar-refractivity contribution in [1.82, 2.24) is 14.4 Å². The first-order valence-corrected chi connectivity index (χ1v) is 6.07. The Morgan fingerprint density at radius 2 is 2.12 bits per heavy atom. The highest BCUT2D eigenvalue weighted by Gasteiger charge is 2.26. The van der Waals surface area contributed by atoms with Gasteiger partial charge in [0.05, 0.1) is 11.2 Å². The molecule has 0 amide bonds. The van der Waals surface area contributed by atoms with Crippen LogP contribution in [0.4, 0.5) is 0 Å². The molecule has 84 valence electrons. The van der Waals surface area contributed by atoms with Crippen molar-refractivity contribution in [3.8, 4) is 0 Å². The molecule has 3 nitrogen and oxygen atoms in total. The van der Waals surface area contributed by atoms with E-state index in [-0.39, 0.29) is 0 Å². The van der Waals surface area contributed by atoms with Crippen molar-refractivity contribution in [3.63, 3.8) is 0 Å². The monoisotopic (exact) mass is 223 g/mol. The van der Waals surface area contributed by atoms with Crippen molar-refractivity contribution in [2.75, 3.05) is 0 Å². The van der Waals surface area contributed by atoms with Gasteiger partial charge in [-0.25, -0.2) is 4.98 Å². The van der Waals surface area contributed by atoms with Crippen molar-refractivity contribution < 1.29 is 0 Å². The number of hydrogen-bond donors (Lipinski definition) is 0. The zero-order valence-corrected chi connectivity index (χ0v) is 9.72. The Balaban J connectivity index is 2.14. The van der Waals surface area contributed by atoms with E-state index >= 15 is 0 Å². The summed E-state index contributed by atoms with van der Waals surface area (Å²) in [5.74, 6) is 0.687. The van der Waals surface area contributed by atoms with Crippen LogP contribution in [0.25, 0.3) is 16.7 Å². The molecule has 3 heteroatoms. The van der Waals surface area contributed by atoms with E-state index in [1.54, 1.807) is 0 Å². The van der Waals surface area contributed by atoms with E-state index in [9.17, 15) is 0 Å². The Morgan fingerprint density at radius 1 is 1.24 bits per heavy atom. The van der Waals surface area contributed by atoms with Crippen molar-refractivity contribution in [3.05, 3.63) is 41.9 Å². The maximum Gasteiger partial charge on any atom is 0.137 e. The summed E-state index contributed by atoms with van der Waals surface area (Å²) in [5, 5.41) is 0. The van der Waals surface area contributed by atoms with Crippen LogP contribution in [0.15, 0.2) is 30.5 Å². The molecule has 0 radical (unpaired) electrons. The van der Waals surface area contributed by atoms with Gasteiger partial charge in [0, 0.05) is 17.8 Å². The molecule has 3 aromatic rings. The molecule has 0 aliphatic heterocycles. The van der Waals surface area contributed by atoms with Gasteiger partial charge in [-0.1, -0.05) is 6.07 Å². The predicted octanol–water partition coefficient (Wildman–Crippen LogP) is 3.07. The van der Waals surface area contributed by atoms with Gasteiger partial charge in [-0.2, -0.15) is 0 Å². The normalized spacial score (nSPS) is 15.8. The smallest absolute Gasteiger partial charge is 0.137 e. The first-order chi connectivity index (χ1) is 8.33. The van der Waals surface area contributed by atoms with Crippen molar-refractivity contribution in [2.24, 2.45) is 0 Å². The van der Waals surface area contributed by atoms with Crippen LogP contribution in [0.3, 0.4) is 0 Å². The molecule has 17 heavy (non-hydrogen) atoms. The molecule has 0 spiro atoms. The van der Waals surface area contributed by atoms with Gasteiger partial charge in [0.2, 0.25) is 0 Å². The third-order valence-corrected chi connectivity index (χ3v) is 3.49. The third-order valence-electron chi connectivity index (χ3n) is 3.49. The van der Waals surface area contributed by atoms with Gasteiger partial charge in [0.25, 0.3) is 0 Å². The van der Waals surface area contributed by atoms with Crippen LogP contribution in [0.1, 0.15) is 30.1 Å². The number of nitrogens with zero attached hydrogens (tertiary/aromatic N) is 3. The van der Waals surface area contributed by atoms with E-state index in [4.69, 9.17) is 0 Å². The van der Waals surface area contributed by atoms with E-state index in [2.05, 4.69) is 33.6 Å². The molecule has 0 unspecified atom stereocenters. The van der Waals surface area contributed by atoms with Crippen LogP contribution in [0.2, 0.25) is 0 Å². The second-order valence-electron chi connectivity index (χ2n) is 4.82. The van der Waals surface area contributed by atoms with Crippen LogP contribution in [0, 0.1) is 6.92 Å². The summed E-state index contributed by atoms with van der Waals surface area (Å²) in [6.45, 7) is 2.06. The van der Waals surface area contributed by atoms with Crippen LogP contribution >= 0.6 is 0 Å². The molecule has 1 aliphatic carbocycles. The van der Waals surface area contributed by atoms with E-state index in [0.717, 1.165) is 16.9 Å². The van der Waals surface area contributed by atoms with Gasteiger partial charge < -0.3 is 0 Å². The standard InChI is InChI=1S/C14H13N3/c1-9-14-12(8-11(15-9)10-5-6-10)17-7-3-2-4-13(17)16-14/h2-4,7-8,10H,5-6H2,1H3. The molecule has 4 rings (SSSR count). The molecule has 1 fully saturated rings. The highest BCUT2D eigenvalue weighted by atomic mass is 15.0. The Kier molecular flexibility index (Phi) is 1.65. The molecule has 3 aromatic heterocycles. The van der Waals surface area contributed by atoms with E-state index in [1.165, 1.54) is 24.1 Å². The number of rotatable bonds is 1. The van der Waals surface area contributed by atoms with Crippen molar-refractivity contribution >= 4 is 16.7 Å². The van der Waals surface area contributed by atoms with Crippen LogP contribution < -0.4 is 0 Å². The maximum absolute atomic E-state index is 4.68. The molecule has 1 saturated carbocycles. The minimum atomic E-state index is 0.687. The number of aromatic nitrogens is 3. The maximum atomic E-state index is 4.68. The molecule has 0 saturated heterocycles. The lowest BCUT2D eigenvalue weighted by Crippen LogP contribution is -1.92. The summed E-state index contributed by atoms with van der Waals surface area (Å²) in [7, 11) is 0. The number of aryl methyl sites for hydroxylation is 1. The lowest BCUT2D eigenvalue weighted by Gasteiger charge is -2.01. The number of imidazole rings is 1. The fourth-order valence-electron chi connectivity index (χ4n) is 2.43. The quantitative estimate of drug-likeness (QED) is 0.634. The number of pyridine rings is 2. The number of fused-ring (bicyclic) bond motifs is 3. The highest BCUT2D eigenvalue weighted by molar-refractivity contribution is 5.82. The molecule has 0 aromatic carbocycles. The SMILES string of the molecule is Cc1nc(C2CC2)cc2c1nc1ccccn12.